The topological polar surface area (TPSA) is 72.9 Å². The van der Waals surface area contributed by atoms with E-state index >= 15 is 0 Å². The van der Waals surface area contributed by atoms with Crippen LogP contribution in [0.2, 0.25) is 0 Å². The van der Waals surface area contributed by atoms with Crippen LogP contribution < -0.4 is 11.1 Å². The Morgan fingerprint density at radius 1 is 1.50 bits per heavy atom. The molecule has 0 atom stereocenters. The SMILES string of the molecule is Cc1ccc(F)c(NC(=O)c2nn(C)cc2N)c1. The van der Waals surface area contributed by atoms with Crippen LogP contribution in [-0.2, 0) is 7.05 Å². The Hall–Kier alpha value is -2.37. The molecule has 0 spiro atoms. The fraction of sp³-hybridized carbons (Fsp3) is 0.167. The fourth-order valence-electron chi connectivity index (χ4n) is 1.60. The molecule has 0 saturated heterocycles. The molecule has 0 bridgehead atoms. The lowest BCUT2D eigenvalue weighted by atomic mass is 10.2. The van der Waals surface area contributed by atoms with E-state index in [1.807, 2.05) is 6.92 Å². The molecule has 1 heterocycles. The molecule has 2 rings (SSSR count). The Morgan fingerprint density at radius 3 is 2.83 bits per heavy atom. The quantitative estimate of drug-likeness (QED) is 0.849. The number of amides is 1. The van der Waals surface area contributed by atoms with Crippen LogP contribution in [0.5, 0.6) is 0 Å². The number of carbonyl (C=O) groups excluding carboxylic acids is 1. The van der Waals surface area contributed by atoms with Crippen molar-refractivity contribution < 1.29 is 9.18 Å². The van der Waals surface area contributed by atoms with E-state index in [9.17, 15) is 9.18 Å². The van der Waals surface area contributed by atoms with Crippen LogP contribution in [0.15, 0.2) is 24.4 Å². The van der Waals surface area contributed by atoms with Gasteiger partial charge in [-0.15, -0.1) is 0 Å². The molecule has 0 aliphatic carbocycles. The average molecular weight is 248 g/mol. The van der Waals surface area contributed by atoms with Crippen LogP contribution in [0.4, 0.5) is 15.8 Å². The molecule has 0 saturated carbocycles. The summed E-state index contributed by atoms with van der Waals surface area (Å²) in [6.07, 6.45) is 1.52. The van der Waals surface area contributed by atoms with E-state index in [1.165, 1.54) is 16.9 Å². The summed E-state index contributed by atoms with van der Waals surface area (Å²) < 4.78 is 14.9. The summed E-state index contributed by atoms with van der Waals surface area (Å²) in [5.41, 5.74) is 6.92. The number of rotatable bonds is 2. The van der Waals surface area contributed by atoms with Crippen molar-refractivity contribution in [1.29, 1.82) is 0 Å². The summed E-state index contributed by atoms with van der Waals surface area (Å²) in [5.74, 6) is -1.03. The van der Waals surface area contributed by atoms with E-state index in [4.69, 9.17) is 5.73 Å². The number of hydrogen-bond acceptors (Lipinski definition) is 3. The highest BCUT2D eigenvalue weighted by Crippen LogP contribution is 2.17. The lowest BCUT2D eigenvalue weighted by Gasteiger charge is -2.06. The largest absolute Gasteiger partial charge is 0.396 e. The lowest BCUT2D eigenvalue weighted by Crippen LogP contribution is -2.15. The molecule has 0 fully saturated rings. The molecule has 0 unspecified atom stereocenters. The average Bonchev–Trinajstić information content (AvgIpc) is 2.63. The number of aryl methyl sites for hydroxylation is 2. The Bertz CT molecular complexity index is 606. The predicted octanol–water partition coefficient (Wildman–Crippen LogP) is 1.70. The van der Waals surface area contributed by atoms with Gasteiger partial charge >= 0.3 is 0 Å². The van der Waals surface area contributed by atoms with Crippen LogP contribution >= 0.6 is 0 Å². The molecule has 0 aliphatic heterocycles. The lowest BCUT2D eigenvalue weighted by molar-refractivity contribution is 0.102. The number of aromatic nitrogens is 2. The first kappa shape index (κ1) is 12.1. The van der Waals surface area contributed by atoms with Crippen molar-refractivity contribution in [2.75, 3.05) is 11.1 Å². The second-order valence-corrected chi connectivity index (χ2v) is 4.04. The molecule has 0 aliphatic rings. The normalized spacial score (nSPS) is 10.4. The van der Waals surface area contributed by atoms with Crippen molar-refractivity contribution in [2.45, 2.75) is 6.92 Å². The third-order valence-electron chi connectivity index (χ3n) is 2.44. The smallest absolute Gasteiger partial charge is 0.278 e. The highest BCUT2D eigenvalue weighted by molar-refractivity contribution is 6.06. The number of carbonyl (C=O) groups is 1. The number of nitrogen functional groups attached to an aromatic ring is 1. The summed E-state index contributed by atoms with van der Waals surface area (Å²) in [7, 11) is 1.65. The van der Waals surface area contributed by atoms with Crippen molar-refractivity contribution in [3.05, 3.63) is 41.5 Å². The minimum Gasteiger partial charge on any atom is -0.396 e. The van der Waals surface area contributed by atoms with Crippen molar-refractivity contribution in [2.24, 2.45) is 7.05 Å². The summed E-state index contributed by atoms with van der Waals surface area (Å²) >= 11 is 0. The molecule has 1 aromatic carbocycles. The Kier molecular flexibility index (Phi) is 3.01. The highest BCUT2D eigenvalue weighted by Gasteiger charge is 2.15. The number of nitrogens with two attached hydrogens (primary N) is 1. The number of hydrogen-bond donors (Lipinski definition) is 2. The number of anilines is 2. The first-order chi connectivity index (χ1) is 8.47. The third-order valence-corrected chi connectivity index (χ3v) is 2.44. The number of halogens is 1. The van der Waals surface area contributed by atoms with Gasteiger partial charge < -0.3 is 11.1 Å². The number of nitrogens with one attached hydrogen (secondary N) is 1. The van der Waals surface area contributed by atoms with Gasteiger partial charge in [0.1, 0.15) is 5.82 Å². The van der Waals surface area contributed by atoms with Gasteiger partial charge in [0, 0.05) is 13.2 Å². The summed E-state index contributed by atoms with van der Waals surface area (Å²) in [5, 5.41) is 6.37. The standard InChI is InChI=1S/C12H13FN4O/c1-7-3-4-8(13)10(5-7)15-12(18)11-9(14)6-17(2)16-11/h3-6H,14H2,1-2H3,(H,15,18). The zero-order valence-corrected chi connectivity index (χ0v) is 10.1. The van der Waals surface area contributed by atoms with E-state index in [2.05, 4.69) is 10.4 Å². The van der Waals surface area contributed by atoms with E-state index in [0.717, 1.165) is 5.56 Å². The van der Waals surface area contributed by atoms with Crippen LogP contribution in [0.3, 0.4) is 0 Å². The fourth-order valence-corrected chi connectivity index (χ4v) is 1.60. The Labute approximate surface area is 103 Å². The van der Waals surface area contributed by atoms with E-state index < -0.39 is 11.7 Å². The van der Waals surface area contributed by atoms with Crippen LogP contribution in [0, 0.1) is 12.7 Å². The van der Waals surface area contributed by atoms with Crippen LogP contribution in [0.1, 0.15) is 16.1 Å². The Balaban J connectivity index is 2.26. The van der Waals surface area contributed by atoms with Gasteiger partial charge in [-0.3, -0.25) is 9.48 Å². The van der Waals surface area contributed by atoms with Gasteiger partial charge in [-0.2, -0.15) is 5.10 Å². The summed E-state index contributed by atoms with van der Waals surface area (Å²) in [6, 6.07) is 4.47. The predicted molar refractivity (Wildman–Crippen MR) is 66.7 cm³/mol. The van der Waals surface area contributed by atoms with Crippen molar-refractivity contribution >= 4 is 17.3 Å². The van der Waals surface area contributed by atoms with Gasteiger partial charge in [0.2, 0.25) is 0 Å². The van der Waals surface area contributed by atoms with E-state index in [-0.39, 0.29) is 17.1 Å². The maximum atomic E-state index is 13.5. The molecular weight excluding hydrogens is 235 g/mol. The second-order valence-electron chi connectivity index (χ2n) is 4.04. The first-order valence-corrected chi connectivity index (χ1v) is 5.34. The summed E-state index contributed by atoms with van der Waals surface area (Å²) in [6.45, 7) is 1.81. The summed E-state index contributed by atoms with van der Waals surface area (Å²) in [4.78, 5) is 11.9. The molecule has 1 amide bonds. The van der Waals surface area contributed by atoms with Crippen molar-refractivity contribution in [3.8, 4) is 0 Å². The molecule has 5 nitrogen and oxygen atoms in total. The molecule has 0 radical (unpaired) electrons. The third kappa shape index (κ3) is 2.32. The van der Waals surface area contributed by atoms with E-state index in [0.29, 0.717) is 0 Å². The van der Waals surface area contributed by atoms with Gasteiger partial charge in [0.15, 0.2) is 5.69 Å². The zero-order chi connectivity index (χ0) is 13.3. The molecule has 6 heteroatoms. The highest BCUT2D eigenvalue weighted by atomic mass is 19.1. The molecule has 2 aromatic rings. The molecule has 18 heavy (non-hydrogen) atoms. The van der Waals surface area contributed by atoms with Crippen LogP contribution in [-0.4, -0.2) is 15.7 Å². The number of nitrogens with zero attached hydrogens (tertiary/aromatic N) is 2. The van der Waals surface area contributed by atoms with Gasteiger partial charge in [0.05, 0.1) is 11.4 Å². The van der Waals surface area contributed by atoms with E-state index in [1.54, 1.807) is 19.2 Å². The molecule has 3 N–H and O–H groups in total. The monoisotopic (exact) mass is 248 g/mol. The second kappa shape index (κ2) is 4.48. The maximum Gasteiger partial charge on any atom is 0.278 e. The van der Waals surface area contributed by atoms with Gasteiger partial charge in [0.25, 0.3) is 5.91 Å². The van der Waals surface area contributed by atoms with Crippen molar-refractivity contribution in [1.82, 2.24) is 9.78 Å². The minimum atomic E-state index is -0.530. The molecule has 1 aromatic heterocycles. The number of benzene rings is 1. The first-order valence-electron chi connectivity index (χ1n) is 5.34. The van der Waals surface area contributed by atoms with Gasteiger partial charge in [-0.1, -0.05) is 6.07 Å². The van der Waals surface area contributed by atoms with Gasteiger partial charge in [-0.05, 0) is 24.6 Å². The van der Waals surface area contributed by atoms with Gasteiger partial charge in [-0.25, -0.2) is 4.39 Å². The minimum absolute atomic E-state index is 0.0819. The Morgan fingerprint density at radius 2 is 2.22 bits per heavy atom. The van der Waals surface area contributed by atoms with Crippen LogP contribution in [0.25, 0.3) is 0 Å². The maximum absolute atomic E-state index is 13.5. The van der Waals surface area contributed by atoms with Crippen molar-refractivity contribution in [3.63, 3.8) is 0 Å². The zero-order valence-electron chi connectivity index (χ0n) is 10.1. The molecular formula is C12H13FN4O. The molecule has 94 valence electrons.